The largest absolute Gasteiger partial charge is 0.507 e. The van der Waals surface area contributed by atoms with Gasteiger partial charge in [0.05, 0.1) is 0 Å². The van der Waals surface area contributed by atoms with Crippen molar-refractivity contribution in [1.29, 1.82) is 0 Å². The Morgan fingerprint density at radius 3 is 2.82 bits per heavy atom. The molecule has 1 saturated heterocycles. The molecule has 1 aliphatic rings. The predicted molar refractivity (Wildman–Crippen MR) is 69.6 cm³/mol. The molecule has 17 heavy (non-hydrogen) atoms. The molecule has 0 aromatic heterocycles. The number of carbonyl (C=O) groups excluding carboxylic acids is 1. The normalized spacial score (nSPS) is 17.8. The van der Waals surface area contributed by atoms with Crippen molar-refractivity contribution < 1.29 is 9.90 Å². The van der Waals surface area contributed by atoms with Gasteiger partial charge in [-0.3, -0.25) is 9.69 Å². The summed E-state index contributed by atoms with van der Waals surface area (Å²) in [6.07, 6.45) is 1.51. The molecule has 1 fully saturated rings. The molecule has 6 heteroatoms. The Hall–Kier alpha value is -1.59. The smallest absolute Gasteiger partial charge is 0.276 e. The lowest BCUT2D eigenvalue weighted by Gasteiger charge is -2.03. The van der Waals surface area contributed by atoms with Gasteiger partial charge in [-0.05, 0) is 36.5 Å². The maximum atomic E-state index is 11.7. The Kier molecular flexibility index (Phi) is 3.04. The van der Waals surface area contributed by atoms with E-state index < -0.39 is 0 Å². The van der Waals surface area contributed by atoms with E-state index in [0.29, 0.717) is 21.4 Å². The number of likely N-dealkylation sites (N-methyl/N-ethyl adjacent to an activating group) is 1. The van der Waals surface area contributed by atoms with Gasteiger partial charge < -0.3 is 10.4 Å². The van der Waals surface area contributed by atoms with Crippen LogP contribution in [0.1, 0.15) is 5.56 Å². The van der Waals surface area contributed by atoms with E-state index in [4.69, 9.17) is 23.8 Å². The fraction of sp³-hybridized carbons (Fsp3) is 0.0909. The third-order valence-corrected chi connectivity index (χ3v) is 2.98. The molecule has 2 rings (SSSR count). The molecule has 1 amide bonds. The number of amides is 1. The van der Waals surface area contributed by atoms with Crippen LogP contribution in [-0.4, -0.2) is 28.1 Å². The first-order valence-corrected chi connectivity index (χ1v) is 5.57. The summed E-state index contributed by atoms with van der Waals surface area (Å²) in [5.41, 5.74) is 0.779. The number of rotatable bonds is 1. The Bertz CT molecular complexity index is 542. The molecule has 1 aromatic rings. The van der Waals surface area contributed by atoms with Gasteiger partial charge in [0.25, 0.3) is 5.91 Å². The van der Waals surface area contributed by atoms with E-state index in [0.717, 1.165) is 0 Å². The number of halogens is 1. The second kappa shape index (κ2) is 4.35. The van der Waals surface area contributed by atoms with E-state index in [2.05, 4.69) is 5.32 Å². The summed E-state index contributed by atoms with van der Waals surface area (Å²) >= 11 is 10.7. The van der Waals surface area contributed by atoms with Crippen LogP contribution in [0.15, 0.2) is 23.9 Å². The maximum absolute atomic E-state index is 11.7. The van der Waals surface area contributed by atoms with Crippen LogP contribution in [0, 0.1) is 0 Å². The van der Waals surface area contributed by atoms with Crippen LogP contribution in [0.5, 0.6) is 5.75 Å². The first kappa shape index (κ1) is 11.9. The van der Waals surface area contributed by atoms with E-state index in [1.54, 1.807) is 19.2 Å². The summed E-state index contributed by atoms with van der Waals surface area (Å²) in [6, 6.07) is 4.61. The number of benzene rings is 1. The highest BCUT2D eigenvalue weighted by Gasteiger charge is 2.27. The lowest BCUT2D eigenvalue weighted by Crippen LogP contribution is -2.25. The van der Waals surface area contributed by atoms with Crippen LogP contribution in [-0.2, 0) is 4.79 Å². The van der Waals surface area contributed by atoms with E-state index >= 15 is 0 Å². The summed E-state index contributed by atoms with van der Waals surface area (Å²) in [6.45, 7) is 0. The molecule has 4 nitrogen and oxygen atoms in total. The van der Waals surface area contributed by atoms with Gasteiger partial charge in [0.1, 0.15) is 11.4 Å². The number of phenolic OH excluding ortho intramolecular Hbond substituents is 1. The predicted octanol–water partition coefficient (Wildman–Crippen LogP) is 1.73. The molecule has 88 valence electrons. The quantitative estimate of drug-likeness (QED) is 0.602. The van der Waals surface area contributed by atoms with Crippen LogP contribution >= 0.6 is 23.8 Å². The highest BCUT2D eigenvalue weighted by molar-refractivity contribution is 7.80. The standard InChI is InChI=1S/C11H9ClN2O2S/c1-14-10(16)8(13-11(14)17)5-6-4-7(12)2-3-9(6)15/h2-5,15H,1H3,(H,13,17)/b8-5+. The van der Waals surface area contributed by atoms with Gasteiger partial charge in [-0.2, -0.15) is 0 Å². The number of aromatic hydroxyl groups is 1. The van der Waals surface area contributed by atoms with Gasteiger partial charge in [-0.1, -0.05) is 11.6 Å². The fourth-order valence-electron chi connectivity index (χ4n) is 1.42. The van der Waals surface area contributed by atoms with Crippen LogP contribution < -0.4 is 5.32 Å². The molecule has 0 aliphatic carbocycles. The van der Waals surface area contributed by atoms with Gasteiger partial charge in [-0.15, -0.1) is 0 Å². The second-order valence-corrected chi connectivity index (χ2v) is 4.38. The Morgan fingerprint density at radius 1 is 1.53 bits per heavy atom. The maximum Gasteiger partial charge on any atom is 0.276 e. The Morgan fingerprint density at radius 2 is 2.24 bits per heavy atom. The number of carbonyl (C=O) groups is 1. The van der Waals surface area contributed by atoms with E-state index in [-0.39, 0.29) is 11.7 Å². The minimum absolute atomic E-state index is 0.0528. The second-order valence-electron chi connectivity index (χ2n) is 3.56. The molecule has 1 aromatic carbocycles. The minimum atomic E-state index is -0.241. The summed E-state index contributed by atoms with van der Waals surface area (Å²) in [5, 5.41) is 13.2. The highest BCUT2D eigenvalue weighted by Crippen LogP contribution is 2.24. The molecule has 1 aliphatic heterocycles. The zero-order chi connectivity index (χ0) is 12.6. The van der Waals surface area contributed by atoms with Crippen molar-refractivity contribution in [3.63, 3.8) is 0 Å². The van der Waals surface area contributed by atoms with Gasteiger partial charge in [0, 0.05) is 17.6 Å². The van der Waals surface area contributed by atoms with Crippen molar-refractivity contribution in [2.24, 2.45) is 0 Å². The number of hydrogen-bond acceptors (Lipinski definition) is 3. The zero-order valence-electron chi connectivity index (χ0n) is 8.90. The van der Waals surface area contributed by atoms with E-state index in [1.807, 2.05) is 0 Å². The summed E-state index contributed by atoms with van der Waals surface area (Å²) in [5.74, 6) is -0.189. The molecular weight excluding hydrogens is 260 g/mol. The summed E-state index contributed by atoms with van der Waals surface area (Å²) in [4.78, 5) is 13.0. The fourth-order valence-corrected chi connectivity index (χ4v) is 1.79. The molecule has 0 atom stereocenters. The monoisotopic (exact) mass is 268 g/mol. The molecule has 2 N–H and O–H groups in total. The van der Waals surface area contributed by atoms with Crippen molar-refractivity contribution >= 4 is 40.9 Å². The van der Waals surface area contributed by atoms with Crippen molar-refractivity contribution in [1.82, 2.24) is 10.2 Å². The Labute approximate surface area is 108 Å². The van der Waals surface area contributed by atoms with Gasteiger partial charge in [0.15, 0.2) is 5.11 Å². The van der Waals surface area contributed by atoms with Gasteiger partial charge in [0.2, 0.25) is 0 Å². The SMILES string of the molecule is CN1C(=O)/C(=C\c2cc(Cl)ccc2O)NC1=S. The molecule has 1 heterocycles. The van der Waals surface area contributed by atoms with Crippen LogP contribution in [0.3, 0.4) is 0 Å². The van der Waals surface area contributed by atoms with E-state index in [9.17, 15) is 9.90 Å². The van der Waals surface area contributed by atoms with Crippen LogP contribution in [0.2, 0.25) is 5.02 Å². The summed E-state index contributed by atoms with van der Waals surface area (Å²) in [7, 11) is 1.58. The number of hydrogen-bond donors (Lipinski definition) is 2. The topological polar surface area (TPSA) is 52.6 Å². The first-order valence-electron chi connectivity index (χ1n) is 4.78. The molecule has 0 unspecified atom stereocenters. The third kappa shape index (κ3) is 2.25. The number of thiocarbonyl (C=S) groups is 1. The van der Waals surface area contributed by atoms with Crippen molar-refractivity contribution in [3.8, 4) is 5.75 Å². The van der Waals surface area contributed by atoms with Crippen LogP contribution in [0.25, 0.3) is 6.08 Å². The molecule has 0 spiro atoms. The lowest BCUT2D eigenvalue weighted by atomic mass is 10.1. The van der Waals surface area contributed by atoms with Crippen molar-refractivity contribution in [2.45, 2.75) is 0 Å². The minimum Gasteiger partial charge on any atom is -0.507 e. The first-order chi connectivity index (χ1) is 7.99. The van der Waals surface area contributed by atoms with Crippen molar-refractivity contribution in [3.05, 3.63) is 34.5 Å². The number of phenols is 1. The lowest BCUT2D eigenvalue weighted by molar-refractivity contribution is -0.121. The van der Waals surface area contributed by atoms with Crippen molar-refractivity contribution in [2.75, 3.05) is 7.05 Å². The van der Waals surface area contributed by atoms with Gasteiger partial charge in [-0.25, -0.2) is 0 Å². The molecule has 0 saturated carbocycles. The highest BCUT2D eigenvalue weighted by atomic mass is 35.5. The van der Waals surface area contributed by atoms with Crippen LogP contribution in [0.4, 0.5) is 0 Å². The molecule has 0 radical (unpaired) electrons. The average molecular weight is 269 g/mol. The average Bonchev–Trinajstić information content (AvgIpc) is 2.52. The molecular formula is C11H9ClN2O2S. The molecule has 0 bridgehead atoms. The van der Waals surface area contributed by atoms with Gasteiger partial charge >= 0.3 is 0 Å². The third-order valence-electron chi connectivity index (χ3n) is 2.37. The Balaban J connectivity index is 2.40. The number of nitrogens with zero attached hydrogens (tertiary/aromatic N) is 1. The summed E-state index contributed by atoms with van der Waals surface area (Å²) < 4.78 is 0. The number of nitrogens with one attached hydrogen (secondary N) is 1. The zero-order valence-corrected chi connectivity index (χ0v) is 10.5. The van der Waals surface area contributed by atoms with E-state index in [1.165, 1.54) is 17.0 Å².